The summed E-state index contributed by atoms with van der Waals surface area (Å²) in [7, 11) is 1.87. The van der Waals surface area contributed by atoms with E-state index in [0.29, 0.717) is 6.54 Å². The lowest BCUT2D eigenvalue weighted by molar-refractivity contribution is -0.124. The van der Waals surface area contributed by atoms with E-state index in [1.165, 1.54) is 0 Å². The molecule has 0 radical (unpaired) electrons. The molecule has 0 bridgehead atoms. The average Bonchev–Trinajstić information content (AvgIpc) is 2.57. The molecule has 26 heavy (non-hydrogen) atoms. The van der Waals surface area contributed by atoms with Crippen LogP contribution >= 0.6 is 31.9 Å². The van der Waals surface area contributed by atoms with Gasteiger partial charge in [0.15, 0.2) is 0 Å². The summed E-state index contributed by atoms with van der Waals surface area (Å²) in [6.45, 7) is 2.71. The summed E-state index contributed by atoms with van der Waals surface area (Å²) < 4.78 is 1.96. The van der Waals surface area contributed by atoms with Gasteiger partial charge in [-0.15, -0.1) is 0 Å². The van der Waals surface area contributed by atoms with E-state index in [2.05, 4.69) is 42.5 Å². The molecule has 0 aliphatic heterocycles. The Labute approximate surface area is 170 Å². The van der Waals surface area contributed by atoms with Crippen molar-refractivity contribution in [1.29, 1.82) is 0 Å². The molecule has 0 aromatic heterocycles. The second-order valence-electron chi connectivity index (χ2n) is 6.05. The van der Waals surface area contributed by atoms with Crippen molar-refractivity contribution >= 4 is 49.4 Å². The highest BCUT2D eigenvalue weighted by atomic mass is 79.9. The number of hydrogen-bond donors (Lipinski definition) is 2. The molecule has 0 aliphatic carbocycles. The Bertz CT molecular complexity index is 796. The fourth-order valence-corrected chi connectivity index (χ4v) is 3.30. The molecule has 0 saturated heterocycles. The maximum atomic E-state index is 12.0. The summed E-state index contributed by atoms with van der Waals surface area (Å²) in [6, 6.07) is 13.5. The van der Waals surface area contributed by atoms with Gasteiger partial charge in [-0.1, -0.05) is 50.1 Å². The van der Waals surface area contributed by atoms with Gasteiger partial charge < -0.3 is 10.6 Å². The third-order valence-corrected chi connectivity index (χ3v) is 4.99. The lowest BCUT2D eigenvalue weighted by Gasteiger charge is -2.17. The number of rotatable bonds is 7. The predicted molar refractivity (Wildman–Crippen MR) is 111 cm³/mol. The van der Waals surface area contributed by atoms with Gasteiger partial charge in [-0.05, 0) is 49.4 Å². The largest absolute Gasteiger partial charge is 0.346 e. The minimum Gasteiger partial charge on any atom is -0.346 e. The van der Waals surface area contributed by atoms with Crippen molar-refractivity contribution in [2.24, 2.45) is 0 Å². The van der Waals surface area contributed by atoms with Crippen molar-refractivity contribution in [2.45, 2.75) is 13.5 Å². The molecule has 2 aromatic carbocycles. The number of likely N-dealkylation sites (N-methyl/N-ethyl adjacent to an activating group) is 1. The van der Waals surface area contributed by atoms with Gasteiger partial charge in [-0.3, -0.25) is 14.5 Å². The van der Waals surface area contributed by atoms with Crippen molar-refractivity contribution in [3.63, 3.8) is 0 Å². The minimum atomic E-state index is -0.253. The van der Waals surface area contributed by atoms with Crippen molar-refractivity contribution in [1.82, 2.24) is 10.2 Å². The number of aryl methyl sites for hydroxylation is 1. The second kappa shape index (κ2) is 9.85. The Morgan fingerprint density at radius 2 is 1.81 bits per heavy atom. The quantitative estimate of drug-likeness (QED) is 0.632. The van der Waals surface area contributed by atoms with E-state index >= 15 is 0 Å². The molecule has 2 N–H and O–H groups in total. The van der Waals surface area contributed by atoms with Crippen LogP contribution in [0.3, 0.4) is 0 Å². The maximum Gasteiger partial charge on any atom is 0.243 e. The van der Waals surface area contributed by atoms with E-state index in [1.54, 1.807) is 0 Å². The lowest BCUT2D eigenvalue weighted by atomic mass is 10.2. The Balaban J connectivity index is 1.77. The molecule has 0 unspecified atom stereocenters. The van der Waals surface area contributed by atoms with Crippen molar-refractivity contribution in [3.8, 4) is 0 Å². The van der Waals surface area contributed by atoms with Crippen LogP contribution in [0.4, 0.5) is 5.69 Å². The highest BCUT2D eigenvalue weighted by Gasteiger charge is 2.11. The van der Waals surface area contributed by atoms with Gasteiger partial charge in [0, 0.05) is 21.2 Å². The fraction of sp³-hybridized carbons (Fsp3) is 0.263. The third-order valence-electron chi connectivity index (χ3n) is 3.72. The van der Waals surface area contributed by atoms with Crippen LogP contribution in [0.2, 0.25) is 0 Å². The first-order valence-corrected chi connectivity index (χ1v) is 9.68. The number of amides is 2. The Hall–Kier alpha value is -1.70. The van der Waals surface area contributed by atoms with Gasteiger partial charge >= 0.3 is 0 Å². The molecule has 0 atom stereocenters. The first-order valence-electron chi connectivity index (χ1n) is 8.10. The van der Waals surface area contributed by atoms with Gasteiger partial charge in [-0.25, -0.2) is 0 Å². The zero-order chi connectivity index (χ0) is 19.1. The van der Waals surface area contributed by atoms with Crippen LogP contribution in [0.1, 0.15) is 11.1 Å². The molecule has 7 heteroatoms. The fourth-order valence-electron chi connectivity index (χ4n) is 2.41. The molecular formula is C19H21Br2N3O2. The normalized spacial score (nSPS) is 10.7. The second-order valence-corrected chi connectivity index (χ2v) is 7.82. The monoisotopic (exact) mass is 481 g/mol. The number of hydrogen-bond acceptors (Lipinski definition) is 3. The zero-order valence-electron chi connectivity index (χ0n) is 14.7. The summed E-state index contributed by atoms with van der Waals surface area (Å²) >= 11 is 6.89. The molecule has 5 nitrogen and oxygen atoms in total. The van der Waals surface area contributed by atoms with Crippen LogP contribution < -0.4 is 10.6 Å². The van der Waals surface area contributed by atoms with Crippen molar-refractivity contribution in [2.75, 3.05) is 25.5 Å². The summed E-state index contributed by atoms with van der Waals surface area (Å²) in [5, 5.41) is 5.45. The summed E-state index contributed by atoms with van der Waals surface area (Å²) in [4.78, 5) is 26.0. The van der Waals surface area contributed by atoms with Crippen LogP contribution in [-0.2, 0) is 16.1 Å². The highest BCUT2D eigenvalue weighted by molar-refractivity contribution is 9.10. The number of nitrogens with one attached hydrogen (secondary N) is 2. The molecule has 2 rings (SSSR count). The number of benzene rings is 2. The van der Waals surface area contributed by atoms with Gasteiger partial charge in [0.25, 0.3) is 0 Å². The molecule has 0 heterocycles. The summed E-state index contributed by atoms with van der Waals surface area (Å²) in [6.07, 6.45) is 0. The van der Waals surface area contributed by atoms with Crippen molar-refractivity contribution < 1.29 is 9.59 Å². The summed E-state index contributed by atoms with van der Waals surface area (Å²) in [5.74, 6) is -0.445. The summed E-state index contributed by atoms with van der Waals surface area (Å²) in [5.41, 5.74) is 2.79. The van der Waals surface area contributed by atoms with Gasteiger partial charge in [0.05, 0.1) is 13.1 Å². The minimum absolute atomic E-state index is 0.0583. The zero-order valence-corrected chi connectivity index (χ0v) is 17.9. The van der Waals surface area contributed by atoms with Crippen LogP contribution in [-0.4, -0.2) is 36.9 Å². The SMILES string of the molecule is Cc1cc(Br)ccc1NC(=O)CNC(=O)CN(C)Cc1ccccc1Br. The van der Waals surface area contributed by atoms with Crippen molar-refractivity contribution in [3.05, 3.63) is 62.5 Å². The van der Waals surface area contributed by atoms with E-state index < -0.39 is 0 Å². The third kappa shape index (κ3) is 6.55. The van der Waals surface area contributed by atoms with Crippen LogP contribution in [0.15, 0.2) is 51.4 Å². The maximum absolute atomic E-state index is 12.0. The number of carbonyl (C=O) groups excluding carboxylic acids is 2. The van der Waals surface area contributed by atoms with Gasteiger partial charge in [0.2, 0.25) is 11.8 Å². The van der Waals surface area contributed by atoms with E-state index in [-0.39, 0.29) is 24.9 Å². The van der Waals surface area contributed by atoms with E-state index in [0.717, 1.165) is 25.8 Å². The van der Waals surface area contributed by atoms with Crippen LogP contribution in [0.5, 0.6) is 0 Å². The first kappa shape index (κ1) is 20.6. The van der Waals surface area contributed by atoms with Gasteiger partial charge in [0.1, 0.15) is 0 Å². The Morgan fingerprint density at radius 1 is 1.08 bits per heavy atom. The molecule has 0 fully saturated rings. The topological polar surface area (TPSA) is 61.4 Å². The van der Waals surface area contributed by atoms with E-state index in [9.17, 15) is 9.59 Å². The number of carbonyl (C=O) groups is 2. The first-order chi connectivity index (χ1) is 12.3. The highest BCUT2D eigenvalue weighted by Crippen LogP contribution is 2.20. The van der Waals surface area contributed by atoms with Gasteiger partial charge in [-0.2, -0.15) is 0 Å². The predicted octanol–water partition coefficient (Wildman–Crippen LogP) is 3.71. The molecular weight excluding hydrogens is 462 g/mol. The number of anilines is 1. The smallest absolute Gasteiger partial charge is 0.243 e. The Morgan fingerprint density at radius 3 is 2.50 bits per heavy atom. The lowest BCUT2D eigenvalue weighted by Crippen LogP contribution is -2.39. The van der Waals surface area contributed by atoms with Crippen LogP contribution in [0, 0.1) is 6.92 Å². The van der Waals surface area contributed by atoms with E-state index in [1.807, 2.05) is 61.3 Å². The van der Waals surface area contributed by atoms with Crippen LogP contribution in [0.25, 0.3) is 0 Å². The number of halogens is 2. The average molecular weight is 483 g/mol. The molecule has 138 valence electrons. The molecule has 0 aliphatic rings. The Kier molecular flexibility index (Phi) is 7.81. The molecule has 0 saturated carbocycles. The molecule has 2 amide bonds. The number of nitrogens with zero attached hydrogens (tertiary/aromatic N) is 1. The molecule has 0 spiro atoms. The molecule has 2 aromatic rings. The standard InChI is InChI=1S/C19H21Br2N3O2/c1-13-9-15(20)7-8-17(13)23-18(25)10-22-19(26)12-24(2)11-14-5-3-4-6-16(14)21/h3-9H,10-12H2,1-2H3,(H,22,26)(H,23,25). The van der Waals surface area contributed by atoms with E-state index in [4.69, 9.17) is 0 Å².